The third-order valence-electron chi connectivity index (χ3n) is 2.50. The molecule has 88 valence electrons. The first kappa shape index (κ1) is 12.3. The summed E-state index contributed by atoms with van der Waals surface area (Å²) in [4.78, 5) is 1.26. The van der Waals surface area contributed by atoms with E-state index < -0.39 is 0 Å². The molecular weight excluding hydrogens is 250 g/mol. The van der Waals surface area contributed by atoms with E-state index in [1.165, 1.54) is 10.5 Å². The predicted octanol–water partition coefficient (Wildman–Crippen LogP) is 4.67. The van der Waals surface area contributed by atoms with Crippen LogP contribution in [0.4, 0.5) is 5.69 Å². The van der Waals surface area contributed by atoms with E-state index in [1.807, 2.05) is 30.3 Å². The van der Waals surface area contributed by atoms with Gasteiger partial charge >= 0.3 is 0 Å². The number of para-hydroxylation sites is 1. The second-order valence-electron chi connectivity index (χ2n) is 3.68. The van der Waals surface area contributed by atoms with Crippen LogP contribution < -0.4 is 5.32 Å². The molecule has 2 aromatic carbocycles. The van der Waals surface area contributed by atoms with Crippen LogP contribution in [0, 0.1) is 0 Å². The molecule has 0 unspecified atom stereocenters. The molecule has 0 aliphatic carbocycles. The maximum absolute atomic E-state index is 6.02. The van der Waals surface area contributed by atoms with Gasteiger partial charge in [0.15, 0.2) is 0 Å². The van der Waals surface area contributed by atoms with Crippen LogP contribution in [0.15, 0.2) is 53.4 Å². The first-order valence-electron chi connectivity index (χ1n) is 5.41. The average Bonchev–Trinajstić information content (AvgIpc) is 2.38. The molecule has 17 heavy (non-hydrogen) atoms. The van der Waals surface area contributed by atoms with Crippen LogP contribution >= 0.6 is 23.4 Å². The zero-order valence-electron chi connectivity index (χ0n) is 9.61. The summed E-state index contributed by atoms with van der Waals surface area (Å²) in [5.74, 6) is 0. The van der Waals surface area contributed by atoms with Gasteiger partial charge in [0.25, 0.3) is 0 Å². The Bertz CT molecular complexity index is 485. The van der Waals surface area contributed by atoms with Crippen molar-refractivity contribution in [1.82, 2.24) is 0 Å². The maximum Gasteiger partial charge on any atom is 0.0412 e. The third kappa shape index (κ3) is 3.42. The fraction of sp³-hybridized carbons (Fsp3) is 0.143. The Morgan fingerprint density at radius 2 is 1.88 bits per heavy atom. The molecular formula is C14H14ClNS. The van der Waals surface area contributed by atoms with Crippen molar-refractivity contribution in [3.63, 3.8) is 0 Å². The van der Waals surface area contributed by atoms with Gasteiger partial charge in [0.2, 0.25) is 0 Å². The van der Waals surface area contributed by atoms with Gasteiger partial charge in [-0.2, -0.15) is 0 Å². The maximum atomic E-state index is 6.02. The normalized spacial score (nSPS) is 10.2. The van der Waals surface area contributed by atoms with E-state index in [0.717, 1.165) is 17.3 Å². The van der Waals surface area contributed by atoms with Crippen molar-refractivity contribution in [3.8, 4) is 0 Å². The third-order valence-corrected chi connectivity index (χ3v) is 3.57. The van der Waals surface area contributed by atoms with Crippen molar-refractivity contribution in [3.05, 3.63) is 59.1 Å². The molecule has 0 atom stereocenters. The highest BCUT2D eigenvalue weighted by Gasteiger charge is 2.02. The van der Waals surface area contributed by atoms with Gasteiger partial charge in [0.1, 0.15) is 0 Å². The SMILES string of the molecule is CSc1ccc(Cl)cc1CNc1ccccc1. The van der Waals surface area contributed by atoms with Crippen LogP contribution in [0.5, 0.6) is 0 Å². The smallest absolute Gasteiger partial charge is 0.0412 e. The Hall–Kier alpha value is -1.12. The molecule has 0 spiro atoms. The number of nitrogens with one attached hydrogen (secondary N) is 1. The number of rotatable bonds is 4. The Kier molecular flexibility index (Phi) is 4.35. The molecule has 0 bridgehead atoms. The van der Waals surface area contributed by atoms with Gasteiger partial charge in [-0.3, -0.25) is 0 Å². The minimum absolute atomic E-state index is 0.785. The number of hydrogen-bond donors (Lipinski definition) is 1. The van der Waals surface area contributed by atoms with E-state index in [9.17, 15) is 0 Å². The van der Waals surface area contributed by atoms with Crippen LogP contribution in [0.2, 0.25) is 5.02 Å². The minimum Gasteiger partial charge on any atom is -0.381 e. The fourth-order valence-corrected chi connectivity index (χ4v) is 2.43. The lowest BCUT2D eigenvalue weighted by molar-refractivity contribution is 1.09. The molecule has 1 N–H and O–H groups in total. The highest BCUT2D eigenvalue weighted by molar-refractivity contribution is 7.98. The van der Waals surface area contributed by atoms with Crippen LogP contribution in [0.3, 0.4) is 0 Å². The second-order valence-corrected chi connectivity index (χ2v) is 4.96. The molecule has 3 heteroatoms. The molecule has 0 aromatic heterocycles. The standard InChI is InChI=1S/C14H14ClNS/c1-17-14-8-7-12(15)9-11(14)10-16-13-5-3-2-4-6-13/h2-9,16H,10H2,1H3. The van der Waals surface area contributed by atoms with Crippen molar-refractivity contribution in [2.45, 2.75) is 11.4 Å². The van der Waals surface area contributed by atoms with Gasteiger partial charge in [-0.25, -0.2) is 0 Å². The summed E-state index contributed by atoms with van der Waals surface area (Å²) in [5, 5.41) is 4.18. The zero-order chi connectivity index (χ0) is 12.1. The van der Waals surface area contributed by atoms with Crippen LogP contribution in [-0.4, -0.2) is 6.26 Å². The number of halogens is 1. The average molecular weight is 264 g/mol. The Morgan fingerprint density at radius 1 is 1.12 bits per heavy atom. The van der Waals surface area contributed by atoms with Gasteiger partial charge in [0.05, 0.1) is 0 Å². The molecule has 1 nitrogen and oxygen atoms in total. The highest BCUT2D eigenvalue weighted by Crippen LogP contribution is 2.24. The molecule has 0 fully saturated rings. The van der Waals surface area contributed by atoms with Crippen molar-refractivity contribution < 1.29 is 0 Å². The Morgan fingerprint density at radius 3 is 2.59 bits per heavy atom. The summed E-state index contributed by atoms with van der Waals surface area (Å²) < 4.78 is 0. The van der Waals surface area contributed by atoms with Crippen molar-refractivity contribution in [2.24, 2.45) is 0 Å². The lowest BCUT2D eigenvalue weighted by Crippen LogP contribution is -2.00. The van der Waals surface area contributed by atoms with E-state index >= 15 is 0 Å². The molecule has 0 aliphatic heterocycles. The topological polar surface area (TPSA) is 12.0 Å². The first-order chi connectivity index (χ1) is 8.29. The molecule has 0 amide bonds. The van der Waals surface area contributed by atoms with Crippen molar-refractivity contribution in [2.75, 3.05) is 11.6 Å². The summed E-state index contributed by atoms with van der Waals surface area (Å²) >= 11 is 7.76. The summed E-state index contributed by atoms with van der Waals surface area (Å²) in [6, 6.07) is 16.2. The van der Waals surface area contributed by atoms with Crippen LogP contribution in [0.1, 0.15) is 5.56 Å². The summed E-state index contributed by atoms with van der Waals surface area (Å²) in [7, 11) is 0. The predicted molar refractivity (Wildman–Crippen MR) is 77.0 cm³/mol. The monoisotopic (exact) mass is 263 g/mol. The molecule has 0 saturated carbocycles. The second kappa shape index (κ2) is 5.99. The Labute approximate surface area is 111 Å². The molecule has 0 aliphatic rings. The number of benzene rings is 2. The van der Waals surface area contributed by atoms with E-state index in [0.29, 0.717) is 0 Å². The quantitative estimate of drug-likeness (QED) is 0.805. The molecule has 0 radical (unpaired) electrons. The largest absolute Gasteiger partial charge is 0.381 e. The lowest BCUT2D eigenvalue weighted by atomic mass is 10.2. The molecule has 0 saturated heterocycles. The van der Waals surface area contributed by atoms with E-state index in [1.54, 1.807) is 11.8 Å². The lowest BCUT2D eigenvalue weighted by Gasteiger charge is -2.10. The molecule has 2 rings (SSSR count). The first-order valence-corrected chi connectivity index (χ1v) is 7.01. The highest BCUT2D eigenvalue weighted by atomic mass is 35.5. The minimum atomic E-state index is 0.785. The van der Waals surface area contributed by atoms with Gasteiger partial charge in [0, 0.05) is 22.2 Å². The molecule has 0 heterocycles. The molecule has 2 aromatic rings. The summed E-state index contributed by atoms with van der Waals surface area (Å²) in [6.45, 7) is 0.792. The van der Waals surface area contributed by atoms with E-state index in [-0.39, 0.29) is 0 Å². The summed E-state index contributed by atoms with van der Waals surface area (Å²) in [6.07, 6.45) is 2.08. The van der Waals surface area contributed by atoms with Crippen LogP contribution in [0.25, 0.3) is 0 Å². The zero-order valence-corrected chi connectivity index (χ0v) is 11.2. The summed E-state index contributed by atoms with van der Waals surface area (Å²) in [5.41, 5.74) is 2.35. The van der Waals surface area contributed by atoms with E-state index in [2.05, 4.69) is 29.8 Å². The van der Waals surface area contributed by atoms with Gasteiger partial charge in [-0.1, -0.05) is 29.8 Å². The number of hydrogen-bond acceptors (Lipinski definition) is 2. The van der Waals surface area contributed by atoms with Gasteiger partial charge in [-0.15, -0.1) is 11.8 Å². The number of thioether (sulfide) groups is 1. The van der Waals surface area contributed by atoms with Gasteiger partial charge < -0.3 is 5.32 Å². The Balaban J connectivity index is 2.11. The number of anilines is 1. The van der Waals surface area contributed by atoms with E-state index in [4.69, 9.17) is 11.6 Å². The van der Waals surface area contributed by atoms with Crippen molar-refractivity contribution >= 4 is 29.1 Å². The fourth-order valence-electron chi connectivity index (χ4n) is 1.64. The van der Waals surface area contributed by atoms with Gasteiger partial charge in [-0.05, 0) is 42.2 Å². The van der Waals surface area contributed by atoms with Crippen molar-refractivity contribution in [1.29, 1.82) is 0 Å². The van der Waals surface area contributed by atoms with Crippen LogP contribution in [-0.2, 0) is 6.54 Å².